The second kappa shape index (κ2) is 5.29. The zero-order valence-corrected chi connectivity index (χ0v) is 6.02. The van der Waals surface area contributed by atoms with Crippen LogP contribution in [0.15, 0.2) is 23.8 Å². The van der Waals surface area contributed by atoms with Gasteiger partial charge in [-0.2, -0.15) is 0 Å². The third-order valence-corrected chi connectivity index (χ3v) is 0.997. The standard InChI is InChI=1S/C8H13N/c1-3-4-5-8(2)6-7-9/h3-5,7,9H,6H2,1-2H3/b4-3-,8-5+,9-7?. The van der Waals surface area contributed by atoms with Gasteiger partial charge in [-0.15, -0.1) is 0 Å². The van der Waals surface area contributed by atoms with Gasteiger partial charge < -0.3 is 5.41 Å². The molecule has 0 fully saturated rings. The van der Waals surface area contributed by atoms with Crippen LogP contribution in [0, 0.1) is 5.41 Å². The molecule has 0 saturated carbocycles. The molecule has 0 aliphatic heterocycles. The van der Waals surface area contributed by atoms with Gasteiger partial charge in [-0.3, -0.25) is 0 Å². The van der Waals surface area contributed by atoms with Gasteiger partial charge >= 0.3 is 0 Å². The quantitative estimate of drug-likeness (QED) is 0.440. The summed E-state index contributed by atoms with van der Waals surface area (Å²) in [5.74, 6) is 0. The molecule has 1 N–H and O–H groups in total. The maximum absolute atomic E-state index is 6.78. The Labute approximate surface area is 56.6 Å². The summed E-state index contributed by atoms with van der Waals surface area (Å²) >= 11 is 0. The monoisotopic (exact) mass is 123 g/mol. The summed E-state index contributed by atoms with van der Waals surface area (Å²) in [6.07, 6.45) is 8.16. The third-order valence-electron chi connectivity index (χ3n) is 0.997. The molecule has 0 amide bonds. The molecule has 0 bridgehead atoms. The zero-order valence-electron chi connectivity index (χ0n) is 6.02. The van der Waals surface area contributed by atoms with Crippen LogP contribution in [0.3, 0.4) is 0 Å². The maximum Gasteiger partial charge on any atom is 0.00305 e. The summed E-state index contributed by atoms with van der Waals surface area (Å²) in [7, 11) is 0. The van der Waals surface area contributed by atoms with E-state index in [0.717, 1.165) is 6.42 Å². The lowest BCUT2D eigenvalue weighted by atomic mass is 10.2. The summed E-state index contributed by atoms with van der Waals surface area (Å²) in [6, 6.07) is 0. The largest absolute Gasteiger partial charge is 0.313 e. The molecule has 0 spiro atoms. The predicted molar refractivity (Wildman–Crippen MR) is 42.0 cm³/mol. The lowest BCUT2D eigenvalue weighted by Gasteiger charge is -1.88. The molecule has 0 heterocycles. The van der Waals surface area contributed by atoms with Gasteiger partial charge in [0.2, 0.25) is 0 Å². The van der Waals surface area contributed by atoms with Crippen molar-refractivity contribution in [2.24, 2.45) is 0 Å². The number of allylic oxidation sites excluding steroid dienone is 4. The van der Waals surface area contributed by atoms with Crippen molar-refractivity contribution in [2.45, 2.75) is 20.3 Å². The van der Waals surface area contributed by atoms with E-state index >= 15 is 0 Å². The van der Waals surface area contributed by atoms with Crippen molar-refractivity contribution in [3.63, 3.8) is 0 Å². The molecule has 0 atom stereocenters. The Morgan fingerprint density at radius 2 is 2.22 bits per heavy atom. The molecule has 0 unspecified atom stereocenters. The Balaban J connectivity index is 3.68. The fourth-order valence-electron chi connectivity index (χ4n) is 0.490. The van der Waals surface area contributed by atoms with E-state index in [9.17, 15) is 0 Å². The van der Waals surface area contributed by atoms with Gasteiger partial charge in [0.15, 0.2) is 0 Å². The zero-order chi connectivity index (χ0) is 7.11. The fourth-order valence-corrected chi connectivity index (χ4v) is 0.490. The van der Waals surface area contributed by atoms with E-state index in [1.807, 2.05) is 32.1 Å². The first kappa shape index (κ1) is 8.15. The van der Waals surface area contributed by atoms with Crippen LogP contribution in [0.25, 0.3) is 0 Å². The molecule has 0 aromatic rings. The highest BCUT2D eigenvalue weighted by Gasteiger charge is 1.79. The van der Waals surface area contributed by atoms with Crippen LogP contribution in [0.4, 0.5) is 0 Å². The highest BCUT2D eigenvalue weighted by Crippen LogP contribution is 1.95. The molecule has 1 heteroatoms. The summed E-state index contributed by atoms with van der Waals surface area (Å²) in [6.45, 7) is 4.00. The van der Waals surface area contributed by atoms with Crippen molar-refractivity contribution in [1.82, 2.24) is 0 Å². The first-order valence-electron chi connectivity index (χ1n) is 3.08. The average molecular weight is 123 g/mol. The Morgan fingerprint density at radius 3 is 2.67 bits per heavy atom. The molecular formula is C8H13N. The third kappa shape index (κ3) is 5.01. The molecule has 9 heavy (non-hydrogen) atoms. The van der Waals surface area contributed by atoms with Gasteiger partial charge in [-0.05, 0) is 20.1 Å². The molecule has 0 aromatic heterocycles. The van der Waals surface area contributed by atoms with Crippen molar-refractivity contribution in [3.05, 3.63) is 23.8 Å². The van der Waals surface area contributed by atoms with Crippen molar-refractivity contribution >= 4 is 6.21 Å². The molecule has 50 valence electrons. The van der Waals surface area contributed by atoms with Crippen LogP contribution in [0.5, 0.6) is 0 Å². The maximum atomic E-state index is 6.78. The minimum absolute atomic E-state index is 0.768. The van der Waals surface area contributed by atoms with E-state index in [1.165, 1.54) is 11.8 Å². The highest BCUT2D eigenvalue weighted by atomic mass is 14.3. The van der Waals surface area contributed by atoms with Crippen molar-refractivity contribution in [3.8, 4) is 0 Å². The van der Waals surface area contributed by atoms with Gasteiger partial charge in [-0.1, -0.05) is 23.8 Å². The Hall–Kier alpha value is -0.850. The van der Waals surface area contributed by atoms with Gasteiger partial charge in [-0.25, -0.2) is 0 Å². The number of hydrogen-bond donors (Lipinski definition) is 1. The van der Waals surface area contributed by atoms with Crippen LogP contribution < -0.4 is 0 Å². The first-order chi connectivity index (χ1) is 4.31. The van der Waals surface area contributed by atoms with E-state index in [4.69, 9.17) is 5.41 Å². The Bertz CT molecular complexity index is 132. The van der Waals surface area contributed by atoms with Gasteiger partial charge in [0.25, 0.3) is 0 Å². The van der Waals surface area contributed by atoms with Crippen LogP contribution in [-0.2, 0) is 0 Å². The summed E-state index contributed by atoms with van der Waals surface area (Å²) in [5.41, 5.74) is 1.23. The minimum atomic E-state index is 0.768. The second-order valence-electron chi connectivity index (χ2n) is 1.95. The van der Waals surface area contributed by atoms with E-state index in [2.05, 4.69) is 0 Å². The highest BCUT2D eigenvalue weighted by molar-refractivity contribution is 5.57. The molecular weight excluding hydrogens is 110 g/mol. The predicted octanol–water partition coefficient (Wildman–Crippen LogP) is 2.55. The van der Waals surface area contributed by atoms with E-state index in [1.54, 1.807) is 0 Å². The van der Waals surface area contributed by atoms with E-state index < -0.39 is 0 Å². The number of rotatable bonds is 3. The van der Waals surface area contributed by atoms with Gasteiger partial charge in [0.1, 0.15) is 0 Å². The van der Waals surface area contributed by atoms with Gasteiger partial charge in [0, 0.05) is 6.42 Å². The van der Waals surface area contributed by atoms with Crippen LogP contribution in [0.2, 0.25) is 0 Å². The van der Waals surface area contributed by atoms with Crippen LogP contribution in [-0.4, -0.2) is 6.21 Å². The second-order valence-corrected chi connectivity index (χ2v) is 1.95. The van der Waals surface area contributed by atoms with Crippen LogP contribution in [0.1, 0.15) is 20.3 Å². The summed E-state index contributed by atoms with van der Waals surface area (Å²) in [5, 5.41) is 6.78. The smallest absolute Gasteiger partial charge is 0.00305 e. The average Bonchev–Trinajstić information content (AvgIpc) is 1.85. The molecule has 0 radical (unpaired) electrons. The van der Waals surface area contributed by atoms with Crippen molar-refractivity contribution in [1.29, 1.82) is 5.41 Å². The van der Waals surface area contributed by atoms with Crippen LogP contribution >= 0.6 is 0 Å². The fraction of sp³-hybridized carbons (Fsp3) is 0.375. The SMILES string of the molecule is C/C=C\C=C(/C)CC=N. The number of hydrogen-bond acceptors (Lipinski definition) is 1. The Kier molecular flexibility index (Phi) is 4.79. The summed E-state index contributed by atoms with van der Waals surface area (Å²) < 4.78 is 0. The summed E-state index contributed by atoms with van der Waals surface area (Å²) in [4.78, 5) is 0. The first-order valence-corrected chi connectivity index (χ1v) is 3.08. The lowest BCUT2D eigenvalue weighted by molar-refractivity contribution is 1.27. The van der Waals surface area contributed by atoms with E-state index in [-0.39, 0.29) is 0 Å². The van der Waals surface area contributed by atoms with E-state index in [0.29, 0.717) is 0 Å². The van der Waals surface area contributed by atoms with Crippen molar-refractivity contribution in [2.75, 3.05) is 0 Å². The van der Waals surface area contributed by atoms with Crippen molar-refractivity contribution < 1.29 is 0 Å². The molecule has 1 nitrogen and oxygen atoms in total. The lowest BCUT2D eigenvalue weighted by Crippen LogP contribution is -1.74. The van der Waals surface area contributed by atoms with Gasteiger partial charge in [0.05, 0.1) is 0 Å². The number of nitrogens with one attached hydrogen (secondary N) is 1. The Morgan fingerprint density at radius 1 is 1.56 bits per heavy atom. The molecule has 0 aromatic carbocycles. The molecule has 0 aliphatic carbocycles. The molecule has 0 rings (SSSR count). The minimum Gasteiger partial charge on any atom is -0.313 e. The normalized spacial score (nSPS) is 12.4. The molecule has 0 saturated heterocycles. The molecule has 0 aliphatic rings. The topological polar surface area (TPSA) is 23.9 Å².